The molecule has 0 aliphatic rings. The molecule has 5 N–H and O–H groups in total. The highest BCUT2D eigenvalue weighted by Gasteiger charge is 2.19. The monoisotopic (exact) mass is 390 g/mol. The zero-order valence-corrected chi connectivity index (χ0v) is 15.7. The Morgan fingerprint density at radius 3 is 2.07 bits per heavy atom. The zero-order chi connectivity index (χ0) is 21.0. The second kappa shape index (κ2) is 8.10. The third kappa shape index (κ3) is 4.67. The van der Waals surface area contributed by atoms with Gasteiger partial charge in [0.25, 0.3) is 5.95 Å². The predicted molar refractivity (Wildman–Crippen MR) is 109 cm³/mol. The van der Waals surface area contributed by atoms with Gasteiger partial charge in [-0.05, 0) is 42.5 Å². The van der Waals surface area contributed by atoms with Gasteiger partial charge < -0.3 is 16.4 Å². The van der Waals surface area contributed by atoms with Crippen LogP contribution in [0.1, 0.15) is 19.4 Å². The SMILES string of the molecule is CC(=O)Nc1cc(NC(C)=O)cc(N(c2ccc(C#N)cc2)c2n[nH]c(N)n2)c1. The van der Waals surface area contributed by atoms with Crippen molar-refractivity contribution in [1.82, 2.24) is 15.2 Å². The second-order valence-electron chi connectivity index (χ2n) is 6.15. The van der Waals surface area contributed by atoms with Crippen molar-refractivity contribution in [3.05, 3.63) is 48.0 Å². The molecule has 2 aromatic carbocycles. The lowest BCUT2D eigenvalue weighted by molar-refractivity contribution is -0.115. The quantitative estimate of drug-likeness (QED) is 0.522. The Morgan fingerprint density at radius 1 is 1.03 bits per heavy atom. The molecule has 3 rings (SSSR count). The molecule has 29 heavy (non-hydrogen) atoms. The van der Waals surface area contributed by atoms with Crippen molar-refractivity contribution in [2.75, 3.05) is 21.3 Å². The highest BCUT2D eigenvalue weighted by molar-refractivity contribution is 5.94. The molecule has 10 heteroatoms. The minimum atomic E-state index is -0.261. The number of H-pyrrole nitrogens is 1. The molecule has 1 heterocycles. The Hall–Kier alpha value is -4.39. The van der Waals surface area contributed by atoms with Crippen molar-refractivity contribution < 1.29 is 9.59 Å². The van der Waals surface area contributed by atoms with Crippen LogP contribution < -0.4 is 21.3 Å². The smallest absolute Gasteiger partial charge is 0.255 e. The Balaban J connectivity index is 2.16. The summed E-state index contributed by atoms with van der Waals surface area (Å²) >= 11 is 0. The molecule has 3 aromatic rings. The van der Waals surface area contributed by atoms with Gasteiger partial charge in [-0.2, -0.15) is 10.2 Å². The minimum absolute atomic E-state index is 0.124. The van der Waals surface area contributed by atoms with E-state index in [1.165, 1.54) is 13.8 Å². The van der Waals surface area contributed by atoms with Gasteiger partial charge in [0.1, 0.15) is 0 Å². The maximum atomic E-state index is 11.6. The van der Waals surface area contributed by atoms with Crippen LogP contribution >= 0.6 is 0 Å². The van der Waals surface area contributed by atoms with Gasteiger partial charge in [-0.3, -0.25) is 14.5 Å². The van der Waals surface area contributed by atoms with Crippen LogP contribution in [0.3, 0.4) is 0 Å². The van der Waals surface area contributed by atoms with E-state index in [2.05, 4.69) is 31.9 Å². The average molecular weight is 390 g/mol. The molecular formula is C19H18N8O2. The van der Waals surface area contributed by atoms with Crippen LogP contribution in [0.5, 0.6) is 0 Å². The summed E-state index contributed by atoms with van der Waals surface area (Å²) in [5.74, 6) is -0.148. The molecule has 0 radical (unpaired) electrons. The van der Waals surface area contributed by atoms with E-state index in [1.807, 2.05) is 0 Å². The highest BCUT2D eigenvalue weighted by Crippen LogP contribution is 2.36. The number of aromatic nitrogens is 3. The van der Waals surface area contributed by atoms with Crippen molar-refractivity contribution in [1.29, 1.82) is 5.26 Å². The Morgan fingerprint density at radius 2 is 1.62 bits per heavy atom. The third-order valence-corrected chi connectivity index (χ3v) is 3.76. The van der Waals surface area contributed by atoms with Crippen LogP contribution in [0, 0.1) is 11.3 Å². The Kier molecular flexibility index (Phi) is 5.41. The molecular weight excluding hydrogens is 372 g/mol. The van der Waals surface area contributed by atoms with Crippen LogP contribution in [-0.2, 0) is 9.59 Å². The number of hydrogen-bond acceptors (Lipinski definition) is 7. The van der Waals surface area contributed by atoms with E-state index < -0.39 is 0 Å². The number of rotatable bonds is 5. The molecule has 10 nitrogen and oxygen atoms in total. The number of hydrogen-bond donors (Lipinski definition) is 4. The van der Waals surface area contributed by atoms with Crippen LogP contribution in [0.25, 0.3) is 0 Å². The lowest BCUT2D eigenvalue weighted by Gasteiger charge is -2.23. The van der Waals surface area contributed by atoms with Crippen molar-refractivity contribution in [2.45, 2.75) is 13.8 Å². The van der Waals surface area contributed by atoms with Gasteiger partial charge >= 0.3 is 0 Å². The van der Waals surface area contributed by atoms with E-state index in [-0.39, 0.29) is 23.7 Å². The number of nitrogen functional groups attached to an aromatic ring is 1. The number of aromatic amines is 1. The maximum absolute atomic E-state index is 11.6. The number of nitrogens with two attached hydrogens (primary N) is 1. The zero-order valence-electron chi connectivity index (χ0n) is 15.7. The summed E-state index contributed by atoms with van der Waals surface area (Å²) in [5, 5.41) is 21.2. The summed E-state index contributed by atoms with van der Waals surface area (Å²) in [4.78, 5) is 29.0. The highest BCUT2D eigenvalue weighted by atomic mass is 16.2. The number of amides is 2. The van der Waals surface area contributed by atoms with E-state index in [9.17, 15) is 9.59 Å². The number of nitrogens with zero attached hydrogens (tertiary/aromatic N) is 4. The summed E-state index contributed by atoms with van der Waals surface area (Å²) in [6.45, 7) is 2.78. The van der Waals surface area contributed by atoms with Gasteiger partial charge in [0, 0.05) is 30.9 Å². The van der Waals surface area contributed by atoms with Crippen molar-refractivity contribution >= 4 is 46.5 Å². The van der Waals surface area contributed by atoms with Gasteiger partial charge in [-0.1, -0.05) is 0 Å². The standard InChI is InChI=1S/C19H18N8O2/c1-11(28)22-14-7-15(23-12(2)29)9-17(8-14)27(19-24-18(21)25-26-19)16-5-3-13(10-20)4-6-16/h3-9H,1-2H3,(H,22,28)(H,23,29)(H3,21,24,25,26). The van der Waals surface area contributed by atoms with E-state index >= 15 is 0 Å². The van der Waals surface area contributed by atoms with E-state index in [0.29, 0.717) is 28.3 Å². The Bertz CT molecular complexity index is 1060. The first-order valence-electron chi connectivity index (χ1n) is 8.54. The van der Waals surface area contributed by atoms with Crippen molar-refractivity contribution in [2.24, 2.45) is 0 Å². The molecule has 0 bridgehead atoms. The number of anilines is 6. The van der Waals surface area contributed by atoms with Crippen LogP contribution in [0.2, 0.25) is 0 Å². The molecule has 1 aromatic heterocycles. The average Bonchev–Trinajstić information content (AvgIpc) is 3.07. The molecule has 2 amide bonds. The molecule has 0 saturated carbocycles. The molecule has 0 fully saturated rings. The van der Waals surface area contributed by atoms with E-state index in [4.69, 9.17) is 11.0 Å². The van der Waals surface area contributed by atoms with Crippen molar-refractivity contribution in [3.63, 3.8) is 0 Å². The first kappa shape index (κ1) is 19.4. The molecule has 0 unspecified atom stereocenters. The fraction of sp³-hybridized carbons (Fsp3) is 0.105. The normalized spacial score (nSPS) is 10.1. The van der Waals surface area contributed by atoms with Gasteiger partial charge in [0.15, 0.2) is 0 Å². The van der Waals surface area contributed by atoms with Gasteiger partial charge in [0.05, 0.1) is 17.3 Å². The summed E-state index contributed by atoms with van der Waals surface area (Å²) < 4.78 is 0. The maximum Gasteiger partial charge on any atom is 0.255 e. The summed E-state index contributed by atoms with van der Waals surface area (Å²) in [6.07, 6.45) is 0. The van der Waals surface area contributed by atoms with E-state index in [1.54, 1.807) is 47.4 Å². The van der Waals surface area contributed by atoms with Crippen LogP contribution in [0.4, 0.5) is 34.6 Å². The second-order valence-corrected chi connectivity index (χ2v) is 6.15. The molecule has 0 aliphatic heterocycles. The predicted octanol–water partition coefficient (Wildman–Crippen LogP) is 2.65. The first-order chi connectivity index (χ1) is 13.9. The number of benzene rings is 2. The lowest BCUT2D eigenvalue weighted by atomic mass is 10.1. The van der Waals surface area contributed by atoms with Crippen molar-refractivity contribution in [3.8, 4) is 6.07 Å². The summed E-state index contributed by atoms with van der Waals surface area (Å²) in [7, 11) is 0. The molecule has 0 spiro atoms. The summed E-state index contributed by atoms with van der Waals surface area (Å²) in [5.41, 5.74) is 8.35. The van der Waals surface area contributed by atoms with Crippen LogP contribution in [0.15, 0.2) is 42.5 Å². The fourth-order valence-corrected chi connectivity index (χ4v) is 2.72. The molecule has 0 saturated heterocycles. The number of carbonyl (C=O) groups excluding carboxylic acids is 2. The number of nitrogens with one attached hydrogen (secondary N) is 3. The van der Waals surface area contributed by atoms with Gasteiger partial charge in [-0.25, -0.2) is 5.10 Å². The summed E-state index contributed by atoms with van der Waals surface area (Å²) in [6, 6.07) is 13.9. The number of carbonyl (C=O) groups is 2. The lowest BCUT2D eigenvalue weighted by Crippen LogP contribution is -2.14. The van der Waals surface area contributed by atoms with Crippen LogP contribution in [-0.4, -0.2) is 27.0 Å². The van der Waals surface area contributed by atoms with E-state index in [0.717, 1.165) is 0 Å². The molecule has 0 atom stereocenters. The minimum Gasteiger partial charge on any atom is -0.368 e. The third-order valence-electron chi connectivity index (χ3n) is 3.76. The van der Waals surface area contributed by atoms with Gasteiger partial charge in [-0.15, -0.1) is 5.10 Å². The molecule has 146 valence electrons. The molecule has 0 aliphatic carbocycles. The fourth-order valence-electron chi connectivity index (χ4n) is 2.72. The first-order valence-corrected chi connectivity index (χ1v) is 8.54. The Labute approximate surface area is 166 Å². The van der Waals surface area contributed by atoms with Gasteiger partial charge in [0.2, 0.25) is 17.8 Å². The largest absolute Gasteiger partial charge is 0.368 e. The topological polar surface area (TPSA) is 153 Å². The number of nitriles is 1.